The minimum Gasteiger partial charge on any atom is -0.395 e. The fraction of sp³-hybridized carbons (Fsp3) is 1.00. The van der Waals surface area contributed by atoms with E-state index in [1.165, 1.54) is 19.3 Å². The molecule has 102 valence electrons. The van der Waals surface area contributed by atoms with E-state index in [1.807, 2.05) is 0 Å². The molecule has 3 unspecified atom stereocenters. The van der Waals surface area contributed by atoms with Crippen LogP contribution in [0, 0.1) is 0 Å². The molecule has 1 aliphatic rings. The Morgan fingerprint density at radius 3 is 2.88 bits per heavy atom. The van der Waals surface area contributed by atoms with Crippen LogP contribution >= 0.6 is 0 Å². The Morgan fingerprint density at radius 1 is 1.47 bits per heavy atom. The van der Waals surface area contributed by atoms with Gasteiger partial charge in [0.05, 0.1) is 6.61 Å². The zero-order valence-electron chi connectivity index (χ0n) is 11.2. The van der Waals surface area contributed by atoms with Gasteiger partial charge in [0.1, 0.15) is 0 Å². The quantitative estimate of drug-likeness (QED) is 0.594. The second kappa shape index (κ2) is 8.86. The summed E-state index contributed by atoms with van der Waals surface area (Å²) in [5.41, 5.74) is 0. The Kier molecular flexibility index (Phi) is 7.77. The van der Waals surface area contributed by atoms with Crippen LogP contribution in [-0.2, 0) is 4.74 Å². The molecule has 0 aromatic carbocycles. The highest BCUT2D eigenvalue weighted by Gasteiger charge is 2.17. The van der Waals surface area contributed by atoms with Gasteiger partial charge in [0, 0.05) is 31.8 Å². The summed E-state index contributed by atoms with van der Waals surface area (Å²) in [5.74, 6) is 0. The lowest BCUT2D eigenvalue weighted by atomic mass is 9.98. The summed E-state index contributed by atoms with van der Waals surface area (Å²) in [6.45, 7) is 4.24. The molecule has 1 aliphatic heterocycles. The van der Waals surface area contributed by atoms with Crippen LogP contribution in [0.15, 0.2) is 0 Å². The Bertz CT molecular complexity index is 184. The van der Waals surface area contributed by atoms with Crippen LogP contribution in [-0.4, -0.2) is 50.1 Å². The maximum Gasteiger partial charge on any atom is 0.0585 e. The molecule has 0 bridgehead atoms. The maximum atomic E-state index is 9.27. The maximum absolute atomic E-state index is 9.27. The third kappa shape index (κ3) is 6.36. The van der Waals surface area contributed by atoms with Crippen molar-refractivity contribution in [3.8, 4) is 0 Å². The number of piperidine rings is 1. The summed E-state index contributed by atoms with van der Waals surface area (Å²) in [4.78, 5) is 0. The molecule has 1 heterocycles. The van der Waals surface area contributed by atoms with Crippen molar-refractivity contribution in [1.29, 1.82) is 0 Å². The van der Waals surface area contributed by atoms with Crippen LogP contribution in [0.4, 0.5) is 0 Å². The second-order valence-electron chi connectivity index (χ2n) is 5.11. The summed E-state index contributed by atoms with van der Waals surface area (Å²) in [5, 5.41) is 16.3. The number of ether oxygens (including phenoxy) is 1. The molecule has 0 aromatic heterocycles. The molecule has 0 saturated carbocycles. The summed E-state index contributed by atoms with van der Waals surface area (Å²) in [7, 11) is 1.70. The Morgan fingerprint density at radius 2 is 2.29 bits per heavy atom. The van der Waals surface area contributed by atoms with Crippen molar-refractivity contribution >= 4 is 0 Å². The van der Waals surface area contributed by atoms with Crippen LogP contribution in [0.5, 0.6) is 0 Å². The molecule has 3 N–H and O–H groups in total. The molecule has 0 radical (unpaired) electrons. The molecule has 1 fully saturated rings. The predicted octanol–water partition coefficient (Wildman–Crippen LogP) is 0.894. The molecule has 0 spiro atoms. The smallest absolute Gasteiger partial charge is 0.0585 e. The molecular formula is C13H28N2O2. The van der Waals surface area contributed by atoms with Gasteiger partial charge in [-0.05, 0) is 39.2 Å². The van der Waals surface area contributed by atoms with Crippen LogP contribution in [0.25, 0.3) is 0 Å². The van der Waals surface area contributed by atoms with Gasteiger partial charge in [0.2, 0.25) is 0 Å². The highest BCUT2D eigenvalue weighted by Crippen LogP contribution is 2.12. The van der Waals surface area contributed by atoms with E-state index < -0.39 is 0 Å². The summed E-state index contributed by atoms with van der Waals surface area (Å²) < 4.78 is 5.04. The average molecular weight is 244 g/mol. The van der Waals surface area contributed by atoms with Crippen molar-refractivity contribution < 1.29 is 9.84 Å². The first-order valence-corrected chi connectivity index (χ1v) is 6.85. The van der Waals surface area contributed by atoms with Crippen LogP contribution in [0.2, 0.25) is 0 Å². The molecule has 17 heavy (non-hydrogen) atoms. The van der Waals surface area contributed by atoms with E-state index in [9.17, 15) is 5.11 Å². The molecule has 0 amide bonds. The van der Waals surface area contributed by atoms with E-state index in [-0.39, 0.29) is 12.6 Å². The number of hydrogen-bond donors (Lipinski definition) is 3. The summed E-state index contributed by atoms with van der Waals surface area (Å²) in [6, 6.07) is 1.25. The fourth-order valence-corrected chi connectivity index (χ4v) is 2.51. The summed E-state index contributed by atoms with van der Waals surface area (Å²) >= 11 is 0. The average Bonchev–Trinajstić information content (AvgIpc) is 2.35. The van der Waals surface area contributed by atoms with Gasteiger partial charge in [0.15, 0.2) is 0 Å². The number of aliphatic hydroxyl groups excluding tert-OH is 1. The second-order valence-corrected chi connectivity index (χ2v) is 5.11. The lowest BCUT2D eigenvalue weighted by Crippen LogP contribution is -2.44. The Balaban J connectivity index is 2.18. The number of rotatable bonds is 8. The van der Waals surface area contributed by atoms with Crippen LogP contribution in [0.3, 0.4) is 0 Å². The molecule has 4 heteroatoms. The zero-order valence-corrected chi connectivity index (χ0v) is 11.2. The number of hydrogen-bond acceptors (Lipinski definition) is 4. The van der Waals surface area contributed by atoms with E-state index in [0.717, 1.165) is 19.4 Å². The predicted molar refractivity (Wildman–Crippen MR) is 70.2 cm³/mol. The third-order valence-electron chi connectivity index (χ3n) is 3.46. The molecule has 4 nitrogen and oxygen atoms in total. The molecule has 0 aromatic rings. The van der Waals surface area contributed by atoms with Crippen molar-refractivity contribution in [3.05, 3.63) is 0 Å². The van der Waals surface area contributed by atoms with Crippen molar-refractivity contribution in [3.63, 3.8) is 0 Å². The molecule has 1 saturated heterocycles. The minimum atomic E-state index is 0.161. The fourth-order valence-electron chi connectivity index (χ4n) is 2.51. The highest BCUT2D eigenvalue weighted by molar-refractivity contribution is 4.79. The highest BCUT2D eigenvalue weighted by atomic mass is 16.5. The van der Waals surface area contributed by atoms with Crippen LogP contribution < -0.4 is 10.6 Å². The van der Waals surface area contributed by atoms with Gasteiger partial charge in [-0.2, -0.15) is 0 Å². The van der Waals surface area contributed by atoms with Crippen molar-refractivity contribution in [2.24, 2.45) is 0 Å². The number of aliphatic hydroxyl groups is 1. The van der Waals surface area contributed by atoms with E-state index >= 15 is 0 Å². The Hall–Kier alpha value is -0.160. The number of nitrogens with one attached hydrogen (secondary N) is 2. The molecule has 0 aliphatic carbocycles. The van der Waals surface area contributed by atoms with Gasteiger partial charge < -0.3 is 20.5 Å². The van der Waals surface area contributed by atoms with Gasteiger partial charge in [-0.25, -0.2) is 0 Å². The standard InChI is InChI=1S/C13H28N2O2/c1-11(9-12-5-3-4-7-14-12)15-13(10-16)6-8-17-2/h11-16H,3-10H2,1-2H3. The van der Waals surface area contributed by atoms with Crippen molar-refractivity contribution in [2.45, 2.75) is 57.2 Å². The third-order valence-corrected chi connectivity index (χ3v) is 3.46. The summed E-state index contributed by atoms with van der Waals surface area (Å²) in [6.07, 6.45) is 5.95. The number of methoxy groups -OCH3 is 1. The van der Waals surface area contributed by atoms with Crippen LogP contribution in [0.1, 0.15) is 39.0 Å². The normalized spacial score (nSPS) is 24.5. The largest absolute Gasteiger partial charge is 0.395 e. The van der Waals surface area contributed by atoms with E-state index in [1.54, 1.807) is 7.11 Å². The van der Waals surface area contributed by atoms with Gasteiger partial charge in [-0.1, -0.05) is 6.42 Å². The topological polar surface area (TPSA) is 53.5 Å². The Labute approximate surface area is 105 Å². The van der Waals surface area contributed by atoms with Gasteiger partial charge in [-0.3, -0.25) is 0 Å². The van der Waals surface area contributed by atoms with E-state index in [2.05, 4.69) is 17.6 Å². The first kappa shape index (κ1) is 14.9. The zero-order chi connectivity index (χ0) is 12.5. The molecule has 3 atom stereocenters. The first-order chi connectivity index (χ1) is 8.26. The van der Waals surface area contributed by atoms with Gasteiger partial charge >= 0.3 is 0 Å². The van der Waals surface area contributed by atoms with Gasteiger partial charge in [0.25, 0.3) is 0 Å². The van der Waals surface area contributed by atoms with Crippen molar-refractivity contribution in [1.82, 2.24) is 10.6 Å². The molecular weight excluding hydrogens is 216 g/mol. The van der Waals surface area contributed by atoms with E-state index in [0.29, 0.717) is 18.7 Å². The first-order valence-electron chi connectivity index (χ1n) is 6.85. The molecule has 1 rings (SSSR count). The monoisotopic (exact) mass is 244 g/mol. The van der Waals surface area contributed by atoms with Gasteiger partial charge in [-0.15, -0.1) is 0 Å². The van der Waals surface area contributed by atoms with Crippen molar-refractivity contribution in [2.75, 3.05) is 26.9 Å². The lowest BCUT2D eigenvalue weighted by Gasteiger charge is -2.28. The van der Waals surface area contributed by atoms with E-state index in [4.69, 9.17) is 4.74 Å². The minimum absolute atomic E-state index is 0.161. The lowest BCUT2D eigenvalue weighted by molar-refractivity contribution is 0.153. The SMILES string of the molecule is COCCC(CO)NC(C)CC1CCCCN1.